The van der Waals surface area contributed by atoms with Crippen LogP contribution in [0.3, 0.4) is 0 Å². The van der Waals surface area contributed by atoms with E-state index in [4.69, 9.17) is 16.4 Å². The van der Waals surface area contributed by atoms with Gasteiger partial charge in [-0.15, -0.1) is 11.3 Å². The van der Waals surface area contributed by atoms with Gasteiger partial charge in [0.1, 0.15) is 5.71 Å². The first kappa shape index (κ1) is 17.7. The first-order chi connectivity index (χ1) is 11.6. The van der Waals surface area contributed by atoms with Crippen LogP contribution < -0.4 is 5.32 Å². The van der Waals surface area contributed by atoms with E-state index in [2.05, 4.69) is 22.3 Å². The molecule has 2 aliphatic heterocycles. The van der Waals surface area contributed by atoms with Crippen LogP contribution in [0.1, 0.15) is 37.5 Å². The van der Waals surface area contributed by atoms with E-state index in [1.807, 2.05) is 12.1 Å². The normalized spacial score (nSPS) is 24.5. The summed E-state index contributed by atoms with van der Waals surface area (Å²) >= 11 is 7.39. The average molecular weight is 370 g/mol. The molecule has 0 aromatic carbocycles. The number of oxime groups is 1. The van der Waals surface area contributed by atoms with Gasteiger partial charge in [0.25, 0.3) is 5.91 Å². The monoisotopic (exact) mass is 369 g/mol. The number of hydrogen-bond donors (Lipinski definition) is 1. The molecule has 1 amide bonds. The smallest absolute Gasteiger partial charge is 0.264 e. The highest BCUT2D eigenvalue weighted by Gasteiger charge is 2.29. The molecule has 5 nitrogen and oxygen atoms in total. The minimum Gasteiger partial charge on any atom is -0.382 e. The summed E-state index contributed by atoms with van der Waals surface area (Å²) in [6.45, 7) is 6.41. The van der Waals surface area contributed by atoms with E-state index in [9.17, 15) is 4.79 Å². The summed E-state index contributed by atoms with van der Waals surface area (Å²) in [5.74, 6) is 0.713. The lowest BCUT2D eigenvalue weighted by Crippen LogP contribution is -2.38. The van der Waals surface area contributed by atoms with Crippen LogP contribution >= 0.6 is 22.9 Å². The molecule has 1 aromatic heterocycles. The molecule has 7 heteroatoms. The molecule has 132 valence electrons. The number of carbonyl (C=O) groups excluding carboxylic acids is 1. The molecule has 0 radical (unpaired) electrons. The van der Waals surface area contributed by atoms with Crippen LogP contribution in [0.15, 0.2) is 17.3 Å². The minimum absolute atomic E-state index is 0.0802. The van der Waals surface area contributed by atoms with E-state index in [0.717, 1.165) is 29.5 Å². The summed E-state index contributed by atoms with van der Waals surface area (Å²) < 4.78 is 0.715. The molecule has 24 heavy (non-hydrogen) atoms. The van der Waals surface area contributed by atoms with Gasteiger partial charge in [-0.3, -0.25) is 4.79 Å². The standard InChI is InChI=1S/C17H24ClN3O2S/c1-12-4-2-8-21(11-12)9-3-7-19-17(22)14-10-13(20-23-14)15-5-6-16(18)24-15/h5-6,12,14H,2-4,7-11H2,1H3,(H,19,22). The Balaban J connectivity index is 1.34. The molecule has 1 fully saturated rings. The molecule has 1 N–H and O–H groups in total. The first-order valence-corrected chi connectivity index (χ1v) is 9.79. The van der Waals surface area contributed by atoms with Crippen molar-refractivity contribution in [3.63, 3.8) is 0 Å². The fourth-order valence-corrected chi connectivity index (χ4v) is 4.28. The van der Waals surface area contributed by atoms with Gasteiger partial charge >= 0.3 is 0 Å². The zero-order valence-electron chi connectivity index (χ0n) is 14.0. The van der Waals surface area contributed by atoms with E-state index < -0.39 is 6.10 Å². The molecule has 0 aliphatic carbocycles. The van der Waals surface area contributed by atoms with Crippen molar-refractivity contribution in [3.05, 3.63) is 21.3 Å². The third-order valence-electron chi connectivity index (χ3n) is 4.51. The summed E-state index contributed by atoms with van der Waals surface area (Å²) in [4.78, 5) is 20.9. The van der Waals surface area contributed by atoms with E-state index in [1.54, 1.807) is 0 Å². The average Bonchev–Trinajstić information content (AvgIpc) is 3.20. The van der Waals surface area contributed by atoms with Gasteiger partial charge in [0.15, 0.2) is 0 Å². The number of nitrogens with one attached hydrogen (secondary N) is 1. The largest absolute Gasteiger partial charge is 0.382 e. The number of carbonyl (C=O) groups is 1. The van der Waals surface area contributed by atoms with Gasteiger partial charge < -0.3 is 15.1 Å². The molecule has 1 aromatic rings. The van der Waals surface area contributed by atoms with Crippen molar-refractivity contribution in [3.8, 4) is 0 Å². The summed E-state index contributed by atoms with van der Waals surface area (Å²) in [5, 5.41) is 7.00. The van der Waals surface area contributed by atoms with Crippen molar-refractivity contribution in [2.45, 2.75) is 38.7 Å². The maximum absolute atomic E-state index is 12.2. The highest BCUT2D eigenvalue weighted by atomic mass is 35.5. The van der Waals surface area contributed by atoms with Gasteiger partial charge in [-0.2, -0.15) is 0 Å². The minimum atomic E-state index is -0.518. The number of piperidine rings is 1. The van der Waals surface area contributed by atoms with Gasteiger partial charge in [-0.25, -0.2) is 0 Å². The second-order valence-electron chi connectivity index (χ2n) is 6.63. The summed E-state index contributed by atoms with van der Waals surface area (Å²) in [6.07, 6.45) is 3.59. The summed E-state index contributed by atoms with van der Waals surface area (Å²) in [5.41, 5.74) is 0.800. The summed E-state index contributed by atoms with van der Waals surface area (Å²) in [7, 11) is 0. The van der Waals surface area contributed by atoms with Crippen LogP contribution in [0.25, 0.3) is 0 Å². The fraction of sp³-hybridized carbons (Fsp3) is 0.647. The van der Waals surface area contributed by atoms with Crippen LogP contribution in [-0.4, -0.2) is 48.8 Å². The third-order valence-corrected chi connectivity index (χ3v) is 5.79. The van der Waals surface area contributed by atoms with Crippen molar-refractivity contribution in [1.82, 2.24) is 10.2 Å². The zero-order valence-corrected chi connectivity index (χ0v) is 15.5. The number of likely N-dealkylation sites (tertiary alicyclic amines) is 1. The van der Waals surface area contributed by atoms with Crippen molar-refractivity contribution in [2.24, 2.45) is 11.1 Å². The highest BCUT2D eigenvalue weighted by Crippen LogP contribution is 2.26. The van der Waals surface area contributed by atoms with Crippen molar-refractivity contribution in [2.75, 3.05) is 26.2 Å². The van der Waals surface area contributed by atoms with Crippen molar-refractivity contribution >= 4 is 34.6 Å². The number of thiophene rings is 1. The summed E-state index contributed by atoms with van der Waals surface area (Å²) in [6, 6.07) is 3.74. The number of halogens is 1. The van der Waals surface area contributed by atoms with Crippen molar-refractivity contribution < 1.29 is 9.63 Å². The van der Waals surface area contributed by atoms with Crippen LogP contribution in [0.5, 0.6) is 0 Å². The molecule has 3 heterocycles. The molecule has 2 atom stereocenters. The lowest BCUT2D eigenvalue weighted by molar-refractivity contribution is -0.131. The molecular formula is C17H24ClN3O2S. The van der Waals surface area contributed by atoms with Gasteiger partial charge in [-0.05, 0) is 50.4 Å². The Morgan fingerprint density at radius 3 is 3.17 bits per heavy atom. The molecule has 3 rings (SSSR count). The second kappa shape index (κ2) is 8.32. The van der Waals surface area contributed by atoms with E-state index in [-0.39, 0.29) is 5.91 Å². The fourth-order valence-electron chi connectivity index (χ4n) is 3.25. The lowest BCUT2D eigenvalue weighted by atomic mass is 10.0. The Labute approximate surface area is 152 Å². The zero-order chi connectivity index (χ0) is 16.9. The quantitative estimate of drug-likeness (QED) is 0.784. The molecule has 2 aliphatic rings. The second-order valence-corrected chi connectivity index (χ2v) is 8.35. The molecule has 0 saturated carbocycles. The Kier molecular flexibility index (Phi) is 6.14. The number of rotatable bonds is 6. The number of nitrogens with zero attached hydrogens (tertiary/aromatic N) is 2. The maximum Gasteiger partial charge on any atom is 0.264 e. The predicted molar refractivity (Wildman–Crippen MR) is 97.8 cm³/mol. The third kappa shape index (κ3) is 4.71. The molecule has 0 spiro atoms. The van der Waals surface area contributed by atoms with Gasteiger partial charge in [-0.1, -0.05) is 23.7 Å². The van der Waals surface area contributed by atoms with Crippen LogP contribution in [0.4, 0.5) is 0 Å². The van der Waals surface area contributed by atoms with E-state index in [1.165, 1.54) is 37.3 Å². The lowest BCUT2D eigenvalue weighted by Gasteiger charge is -2.30. The molecule has 0 bridgehead atoms. The number of amides is 1. The Morgan fingerprint density at radius 1 is 1.54 bits per heavy atom. The SMILES string of the molecule is CC1CCCN(CCCNC(=O)C2CC(c3ccc(Cl)s3)=NO2)C1. The Bertz CT molecular complexity index is 604. The molecular weight excluding hydrogens is 346 g/mol. The topological polar surface area (TPSA) is 53.9 Å². The van der Waals surface area contributed by atoms with E-state index >= 15 is 0 Å². The molecule has 1 saturated heterocycles. The Morgan fingerprint density at radius 2 is 2.42 bits per heavy atom. The van der Waals surface area contributed by atoms with Gasteiger partial charge in [0.05, 0.1) is 9.21 Å². The van der Waals surface area contributed by atoms with Crippen LogP contribution in [-0.2, 0) is 9.63 Å². The maximum atomic E-state index is 12.2. The van der Waals surface area contributed by atoms with Crippen LogP contribution in [0.2, 0.25) is 4.34 Å². The number of hydrogen-bond acceptors (Lipinski definition) is 5. The Hall–Kier alpha value is -1.11. The first-order valence-electron chi connectivity index (χ1n) is 8.60. The van der Waals surface area contributed by atoms with Crippen LogP contribution in [0, 0.1) is 5.92 Å². The highest BCUT2D eigenvalue weighted by molar-refractivity contribution is 7.18. The van der Waals surface area contributed by atoms with Gasteiger partial charge in [0, 0.05) is 19.5 Å². The molecule has 2 unspecified atom stereocenters. The predicted octanol–water partition coefficient (Wildman–Crippen LogP) is 3.13. The van der Waals surface area contributed by atoms with Crippen molar-refractivity contribution in [1.29, 1.82) is 0 Å². The van der Waals surface area contributed by atoms with Gasteiger partial charge in [0.2, 0.25) is 6.10 Å². The van der Waals surface area contributed by atoms with E-state index in [0.29, 0.717) is 17.3 Å².